The molecule has 0 atom stereocenters. The molecule has 198 valence electrons. The van der Waals surface area contributed by atoms with Gasteiger partial charge in [-0.15, -0.1) is 0 Å². The van der Waals surface area contributed by atoms with E-state index < -0.39 is 10.0 Å². The summed E-state index contributed by atoms with van der Waals surface area (Å²) in [4.78, 5) is 26.1. The Balaban J connectivity index is 1.94. The highest BCUT2D eigenvalue weighted by atomic mass is 32.3. The Kier molecular flexibility index (Phi) is 10.1. The summed E-state index contributed by atoms with van der Waals surface area (Å²) >= 11 is 0. The predicted molar refractivity (Wildman–Crippen MR) is 146 cm³/mol. The van der Waals surface area contributed by atoms with Crippen molar-refractivity contribution >= 4 is 27.4 Å². The lowest BCUT2D eigenvalue weighted by Crippen LogP contribution is -2.29. The van der Waals surface area contributed by atoms with Crippen molar-refractivity contribution in [2.24, 2.45) is 0 Å². The van der Waals surface area contributed by atoms with Crippen LogP contribution in [0, 0.1) is 5.82 Å². The number of nitrogens with one attached hydrogen (secondary N) is 1. The third-order valence-corrected chi connectivity index (χ3v) is 7.13. The van der Waals surface area contributed by atoms with Crippen molar-refractivity contribution in [3.63, 3.8) is 0 Å². The minimum absolute atomic E-state index is 0.198. The molecule has 3 rings (SSSR count). The van der Waals surface area contributed by atoms with Gasteiger partial charge in [-0.25, -0.2) is 24.4 Å². The summed E-state index contributed by atoms with van der Waals surface area (Å²) in [5, 5.41) is 3.01. The van der Waals surface area contributed by atoms with Gasteiger partial charge in [0.2, 0.25) is 0 Å². The van der Waals surface area contributed by atoms with Crippen LogP contribution in [0.15, 0.2) is 43.0 Å². The summed E-state index contributed by atoms with van der Waals surface area (Å²) in [6, 6.07) is 6.47. The van der Waals surface area contributed by atoms with Gasteiger partial charge in [0, 0.05) is 36.9 Å². The van der Waals surface area contributed by atoms with E-state index in [0.29, 0.717) is 37.6 Å². The molecule has 0 aliphatic carbocycles. The molecule has 1 amide bonds. The number of fused-ring (bicyclic) bond motifs is 1. The van der Waals surface area contributed by atoms with Crippen molar-refractivity contribution in [2.75, 3.05) is 69.8 Å². The average Bonchev–Trinajstić information content (AvgIpc) is 3.25. The summed E-state index contributed by atoms with van der Waals surface area (Å²) in [6.45, 7) is 2.90. The van der Waals surface area contributed by atoms with Gasteiger partial charge in [-0.05, 0) is 82.1 Å². The second-order valence-electron chi connectivity index (χ2n) is 9.97. The SMILES string of the molecule is CN(C)CCCNC(=O)c1ccncnc(N2CCc3cc(F)ccc32)cn1COCCS(C)(C)C. The highest BCUT2D eigenvalue weighted by Gasteiger charge is 2.22. The normalized spacial score (nSPS) is 13.5. The Morgan fingerprint density at radius 1 is 1.25 bits per heavy atom. The van der Waals surface area contributed by atoms with Gasteiger partial charge in [0.25, 0.3) is 5.91 Å². The molecule has 2 aromatic rings. The van der Waals surface area contributed by atoms with Gasteiger partial charge in [0.05, 0.1) is 6.61 Å². The van der Waals surface area contributed by atoms with Gasteiger partial charge >= 0.3 is 0 Å². The molecule has 0 unspecified atom stereocenters. The Hall–Kier alpha value is -2.69. The third kappa shape index (κ3) is 8.46. The number of carbonyl (C=O) groups excluding carboxylic acids is 1. The number of nitrogens with zero attached hydrogens (tertiary/aromatic N) is 5. The number of hydrogen-bond donors (Lipinski definition) is 1. The smallest absolute Gasteiger partial charge is 0.268 e. The molecule has 1 N–H and O–H groups in total. The molecule has 0 fully saturated rings. The van der Waals surface area contributed by atoms with Gasteiger partial charge in [-0.1, -0.05) is 0 Å². The summed E-state index contributed by atoms with van der Waals surface area (Å²) in [7, 11) is 3.32. The van der Waals surface area contributed by atoms with Crippen LogP contribution in [0.4, 0.5) is 15.9 Å². The van der Waals surface area contributed by atoms with E-state index in [2.05, 4.69) is 39.0 Å². The Labute approximate surface area is 215 Å². The average molecular weight is 519 g/mol. The lowest BCUT2D eigenvalue weighted by atomic mass is 10.2. The zero-order valence-corrected chi connectivity index (χ0v) is 22.9. The number of anilines is 2. The largest absolute Gasteiger partial charge is 0.360 e. The number of ether oxygens (including phenoxy) is 1. The maximum Gasteiger partial charge on any atom is 0.268 e. The number of aromatic nitrogens is 3. The fraction of sp³-hybridized carbons (Fsp3) is 0.500. The number of rotatable bonds is 11. The van der Waals surface area contributed by atoms with Crippen LogP contribution < -0.4 is 10.2 Å². The zero-order chi connectivity index (χ0) is 26.1. The zero-order valence-electron chi connectivity index (χ0n) is 22.0. The van der Waals surface area contributed by atoms with E-state index in [-0.39, 0.29) is 18.5 Å². The monoisotopic (exact) mass is 518 g/mol. The molecule has 0 spiro atoms. The molecular formula is C26H39FN6O2S. The third-order valence-electron chi connectivity index (χ3n) is 5.74. The van der Waals surface area contributed by atoms with Crippen molar-refractivity contribution in [3.8, 4) is 0 Å². The topological polar surface area (TPSA) is 75.5 Å². The lowest BCUT2D eigenvalue weighted by molar-refractivity contribution is 0.0801. The van der Waals surface area contributed by atoms with E-state index in [0.717, 1.165) is 30.0 Å². The van der Waals surface area contributed by atoms with Crippen molar-refractivity contribution in [3.05, 3.63) is 60.1 Å². The Bertz CT molecular complexity index is 1080. The van der Waals surface area contributed by atoms with Crippen LogP contribution in [-0.4, -0.2) is 90.2 Å². The van der Waals surface area contributed by atoms with Crippen molar-refractivity contribution in [2.45, 2.75) is 19.6 Å². The molecular weight excluding hydrogens is 479 g/mol. The van der Waals surface area contributed by atoms with E-state index in [4.69, 9.17) is 4.74 Å². The first-order valence-electron chi connectivity index (χ1n) is 12.1. The Morgan fingerprint density at radius 3 is 2.81 bits per heavy atom. The van der Waals surface area contributed by atoms with E-state index in [1.807, 2.05) is 25.2 Å². The van der Waals surface area contributed by atoms with Gasteiger partial charge in [0.1, 0.15) is 24.6 Å². The van der Waals surface area contributed by atoms with E-state index in [9.17, 15) is 9.18 Å². The van der Waals surface area contributed by atoms with E-state index >= 15 is 0 Å². The van der Waals surface area contributed by atoms with Crippen LogP contribution in [0.5, 0.6) is 0 Å². The quantitative estimate of drug-likeness (QED) is 0.459. The number of hydrogen-bond acceptors (Lipinski definition) is 6. The molecule has 0 bridgehead atoms. The first-order chi connectivity index (χ1) is 17.1. The molecule has 8 nitrogen and oxygen atoms in total. The molecule has 1 aliphatic rings. The minimum Gasteiger partial charge on any atom is -0.360 e. The minimum atomic E-state index is -0.699. The van der Waals surface area contributed by atoms with Crippen molar-refractivity contribution < 1.29 is 13.9 Å². The van der Waals surface area contributed by atoms with Crippen LogP contribution >= 0.6 is 10.0 Å². The summed E-state index contributed by atoms with van der Waals surface area (Å²) in [6.07, 6.45) is 13.1. The number of amides is 1. The summed E-state index contributed by atoms with van der Waals surface area (Å²) in [5.41, 5.74) is 2.26. The molecule has 0 saturated carbocycles. The maximum atomic E-state index is 13.8. The first kappa shape index (κ1) is 27.9. The van der Waals surface area contributed by atoms with Gasteiger partial charge in [-0.3, -0.25) is 4.79 Å². The molecule has 0 radical (unpaired) electrons. The number of carbonyl (C=O) groups is 1. The molecule has 0 saturated heterocycles. The van der Waals surface area contributed by atoms with Crippen LogP contribution in [0.25, 0.3) is 0 Å². The standard InChI is InChI=1S/C26H39FN6O2S/c1-31(2)13-6-11-29-26(34)24-9-12-28-19-30-25(18-32(24)20-35-15-16-36(3,4)5)33-14-10-21-17-22(27)7-8-23(21)33/h7-9,12,17-19H,6,10-11,13-16,20H2,1-5H3,(H,29,34). The highest BCUT2D eigenvalue weighted by Crippen LogP contribution is 2.34. The fourth-order valence-electron chi connectivity index (χ4n) is 3.80. The predicted octanol–water partition coefficient (Wildman–Crippen LogP) is 3.59. The van der Waals surface area contributed by atoms with Crippen LogP contribution in [-0.2, 0) is 17.9 Å². The van der Waals surface area contributed by atoms with Gasteiger partial charge in [-0.2, -0.15) is 0 Å². The van der Waals surface area contributed by atoms with Crippen LogP contribution in [0.1, 0.15) is 22.5 Å². The second-order valence-corrected chi connectivity index (χ2v) is 14.6. The summed E-state index contributed by atoms with van der Waals surface area (Å²) < 4.78 is 21.6. The highest BCUT2D eigenvalue weighted by molar-refractivity contribution is 8.32. The molecule has 1 aliphatic heterocycles. The molecule has 1 aromatic heterocycles. The van der Waals surface area contributed by atoms with E-state index in [1.165, 1.54) is 12.4 Å². The van der Waals surface area contributed by atoms with Crippen LogP contribution in [0.3, 0.4) is 0 Å². The fourth-order valence-corrected chi connectivity index (χ4v) is 4.42. The molecule has 2 heterocycles. The van der Waals surface area contributed by atoms with Crippen LogP contribution in [0.2, 0.25) is 0 Å². The number of benzene rings is 1. The maximum absolute atomic E-state index is 13.8. The number of halogens is 1. The Morgan fingerprint density at radius 2 is 2.06 bits per heavy atom. The molecule has 10 heteroatoms. The second kappa shape index (κ2) is 13.0. The lowest BCUT2D eigenvalue weighted by Gasteiger charge is -2.25. The molecule has 1 aromatic carbocycles. The van der Waals surface area contributed by atoms with Crippen molar-refractivity contribution in [1.29, 1.82) is 0 Å². The summed E-state index contributed by atoms with van der Waals surface area (Å²) in [5.74, 6) is 1.12. The van der Waals surface area contributed by atoms with Gasteiger partial charge < -0.3 is 24.4 Å². The van der Waals surface area contributed by atoms with E-state index in [1.54, 1.807) is 29.0 Å². The first-order valence-corrected chi connectivity index (χ1v) is 15.1. The van der Waals surface area contributed by atoms with Crippen molar-refractivity contribution in [1.82, 2.24) is 24.8 Å². The van der Waals surface area contributed by atoms with Gasteiger partial charge in [0.15, 0.2) is 5.82 Å². The molecule has 36 heavy (non-hydrogen) atoms.